The molecule has 0 saturated heterocycles. The molecule has 0 bridgehead atoms. The van der Waals surface area contributed by atoms with Crippen LogP contribution in [0.4, 0.5) is 0 Å². The van der Waals surface area contributed by atoms with Crippen LogP contribution in [0.5, 0.6) is 0 Å². The molecule has 9 heteroatoms. The highest BCUT2D eigenvalue weighted by molar-refractivity contribution is 6.06. The van der Waals surface area contributed by atoms with Gasteiger partial charge in [-0.2, -0.15) is 0 Å². The maximum Gasteiger partial charge on any atom is 0.337 e. The molecular weight excluding hydrogens is 480 g/mol. The van der Waals surface area contributed by atoms with Crippen molar-refractivity contribution in [2.24, 2.45) is 0 Å². The Bertz CT molecular complexity index is 1430. The predicted octanol–water partition coefficient (Wildman–Crippen LogP) is 4.68. The van der Waals surface area contributed by atoms with Crippen LogP contribution in [0.25, 0.3) is 22.3 Å². The second-order valence-corrected chi connectivity index (χ2v) is 7.47. The van der Waals surface area contributed by atoms with Crippen LogP contribution in [0.3, 0.4) is 0 Å². The maximum absolute atomic E-state index is 11.3. The highest BCUT2D eigenvalue weighted by Crippen LogP contribution is 2.26. The Kier molecular flexibility index (Phi) is 9.39. The number of hydrogen-bond acceptors (Lipinski definition) is 4. The Morgan fingerprint density at radius 1 is 0.459 bits per heavy atom. The van der Waals surface area contributed by atoms with Gasteiger partial charge in [-0.3, -0.25) is 0 Å². The van der Waals surface area contributed by atoms with Crippen molar-refractivity contribution in [1.29, 1.82) is 0 Å². The fourth-order valence-electron chi connectivity index (χ4n) is 3.46. The predicted molar refractivity (Wildman–Crippen MR) is 135 cm³/mol. The van der Waals surface area contributed by atoms with Gasteiger partial charge in [0.05, 0.1) is 22.3 Å². The number of benzene rings is 4. The Balaban J connectivity index is 0.000000253. The zero-order chi connectivity index (χ0) is 26.2. The normalized spacial score (nSPS) is 9.73. The van der Waals surface area contributed by atoms with E-state index in [1.165, 1.54) is 30.3 Å². The van der Waals surface area contributed by atoms with Crippen LogP contribution in [-0.4, -0.2) is 49.8 Å². The van der Waals surface area contributed by atoms with Gasteiger partial charge in [-0.15, -0.1) is 0 Å². The minimum absolute atomic E-state index is 0. The summed E-state index contributed by atoms with van der Waals surface area (Å²) in [6, 6.07) is 26.1. The highest BCUT2D eigenvalue weighted by atomic mass is 16.4. The quantitative estimate of drug-likeness (QED) is 0.293. The van der Waals surface area contributed by atoms with Crippen molar-refractivity contribution in [3.63, 3.8) is 0 Å². The molecule has 4 rings (SSSR count). The van der Waals surface area contributed by atoms with Gasteiger partial charge < -0.3 is 25.9 Å². The summed E-state index contributed by atoms with van der Waals surface area (Å²) < 4.78 is 0. The summed E-state index contributed by atoms with van der Waals surface area (Å²) in [4.78, 5) is 43.9. The van der Waals surface area contributed by atoms with E-state index >= 15 is 0 Å². The molecule has 4 aromatic rings. The first-order chi connectivity index (χ1) is 17.2. The van der Waals surface area contributed by atoms with E-state index in [0.717, 1.165) is 11.1 Å². The van der Waals surface area contributed by atoms with E-state index in [-0.39, 0.29) is 27.7 Å². The third-order valence-electron chi connectivity index (χ3n) is 5.17. The molecule has 0 aliphatic heterocycles. The van der Waals surface area contributed by atoms with Gasteiger partial charge in [0.2, 0.25) is 0 Å². The molecule has 188 valence electrons. The van der Waals surface area contributed by atoms with Crippen molar-refractivity contribution in [2.45, 2.75) is 0 Å². The molecule has 0 heterocycles. The zero-order valence-electron chi connectivity index (χ0n) is 19.2. The molecule has 4 aromatic carbocycles. The summed E-state index contributed by atoms with van der Waals surface area (Å²) >= 11 is 0. The van der Waals surface area contributed by atoms with Crippen molar-refractivity contribution < 1.29 is 45.1 Å². The number of carbonyl (C=O) groups is 4. The molecule has 0 unspecified atom stereocenters. The first kappa shape index (κ1) is 28.0. The van der Waals surface area contributed by atoms with Gasteiger partial charge in [0.1, 0.15) is 0 Å². The van der Waals surface area contributed by atoms with Gasteiger partial charge in [0, 0.05) is 0 Å². The molecule has 6 N–H and O–H groups in total. The Labute approximate surface area is 210 Å². The molecule has 0 amide bonds. The third-order valence-corrected chi connectivity index (χ3v) is 5.17. The van der Waals surface area contributed by atoms with Crippen LogP contribution in [-0.2, 0) is 0 Å². The first-order valence-electron chi connectivity index (χ1n) is 10.5. The average Bonchev–Trinajstić information content (AvgIpc) is 2.89. The van der Waals surface area contributed by atoms with Crippen molar-refractivity contribution in [2.75, 3.05) is 0 Å². The van der Waals surface area contributed by atoms with E-state index in [4.69, 9.17) is 15.3 Å². The minimum Gasteiger partial charge on any atom is -0.478 e. The summed E-state index contributed by atoms with van der Waals surface area (Å²) in [5, 5.41) is 35.9. The van der Waals surface area contributed by atoms with Gasteiger partial charge in [-0.25, -0.2) is 19.2 Å². The Hall–Kier alpha value is -5.28. The summed E-state index contributed by atoms with van der Waals surface area (Å²) in [7, 11) is 0. The standard InChI is InChI=1S/2C14H10O4.H2O/c15-13(16)10-6-4-9(5-7-10)11-2-1-3-12(8-11)14(17)18;15-13(16)11-8-4-7-10(12(11)14(17)18)9-5-2-1-3-6-9;/h2*1-8H,(H,15,16)(H,17,18);1H2. The van der Waals surface area contributed by atoms with E-state index in [0.29, 0.717) is 11.1 Å². The van der Waals surface area contributed by atoms with E-state index in [2.05, 4.69) is 0 Å². The number of carboxylic acids is 4. The molecule has 0 saturated carbocycles. The van der Waals surface area contributed by atoms with Gasteiger partial charge in [0.15, 0.2) is 0 Å². The molecule has 0 atom stereocenters. The van der Waals surface area contributed by atoms with Crippen molar-refractivity contribution >= 4 is 23.9 Å². The second kappa shape index (κ2) is 12.4. The van der Waals surface area contributed by atoms with Gasteiger partial charge in [0.25, 0.3) is 0 Å². The van der Waals surface area contributed by atoms with Gasteiger partial charge in [-0.05, 0) is 52.6 Å². The van der Waals surface area contributed by atoms with Crippen molar-refractivity contribution in [3.8, 4) is 22.3 Å². The van der Waals surface area contributed by atoms with E-state index in [1.807, 2.05) is 6.07 Å². The lowest BCUT2D eigenvalue weighted by Crippen LogP contribution is -2.09. The fourth-order valence-corrected chi connectivity index (χ4v) is 3.46. The van der Waals surface area contributed by atoms with Crippen molar-refractivity contribution in [3.05, 3.63) is 119 Å². The molecule has 0 radical (unpaired) electrons. The first-order valence-corrected chi connectivity index (χ1v) is 10.5. The lowest BCUT2D eigenvalue weighted by molar-refractivity contribution is 0.0652. The summed E-state index contributed by atoms with van der Waals surface area (Å²) in [5.41, 5.74) is 2.62. The highest BCUT2D eigenvalue weighted by Gasteiger charge is 2.20. The van der Waals surface area contributed by atoms with E-state index < -0.39 is 23.9 Å². The maximum atomic E-state index is 11.3. The van der Waals surface area contributed by atoms with Gasteiger partial charge in [-0.1, -0.05) is 66.7 Å². The molecular formula is C28H22O9. The lowest BCUT2D eigenvalue weighted by atomic mass is 9.95. The van der Waals surface area contributed by atoms with Crippen LogP contribution < -0.4 is 0 Å². The van der Waals surface area contributed by atoms with Crippen LogP contribution in [0.2, 0.25) is 0 Å². The Morgan fingerprint density at radius 2 is 1.03 bits per heavy atom. The zero-order valence-corrected chi connectivity index (χ0v) is 19.2. The van der Waals surface area contributed by atoms with Crippen molar-refractivity contribution in [1.82, 2.24) is 0 Å². The monoisotopic (exact) mass is 502 g/mol. The molecule has 0 aliphatic carbocycles. The number of rotatable bonds is 6. The largest absolute Gasteiger partial charge is 0.478 e. The third kappa shape index (κ3) is 6.87. The molecule has 37 heavy (non-hydrogen) atoms. The van der Waals surface area contributed by atoms with E-state index in [1.54, 1.807) is 60.7 Å². The van der Waals surface area contributed by atoms with Gasteiger partial charge >= 0.3 is 23.9 Å². The second-order valence-electron chi connectivity index (χ2n) is 7.47. The molecule has 9 nitrogen and oxygen atoms in total. The Morgan fingerprint density at radius 3 is 1.57 bits per heavy atom. The van der Waals surface area contributed by atoms with Crippen LogP contribution in [0, 0.1) is 0 Å². The summed E-state index contributed by atoms with van der Waals surface area (Å²) in [6.07, 6.45) is 0. The smallest absolute Gasteiger partial charge is 0.337 e. The van der Waals surface area contributed by atoms with Crippen LogP contribution in [0.1, 0.15) is 41.4 Å². The molecule has 0 spiro atoms. The van der Waals surface area contributed by atoms with Crippen LogP contribution in [0.15, 0.2) is 97.1 Å². The fraction of sp³-hybridized carbons (Fsp3) is 0. The lowest BCUT2D eigenvalue weighted by Gasteiger charge is -2.08. The SMILES string of the molecule is O.O=C(O)c1ccc(-c2cccc(C(=O)O)c2)cc1.O=C(O)c1cccc(-c2ccccc2)c1C(=O)O. The minimum atomic E-state index is -1.25. The summed E-state index contributed by atoms with van der Waals surface area (Å²) in [5.74, 6) is -4.46. The number of aromatic carboxylic acids is 4. The summed E-state index contributed by atoms with van der Waals surface area (Å²) in [6.45, 7) is 0. The number of carboxylic acid groups (broad SMARTS) is 4. The van der Waals surface area contributed by atoms with E-state index in [9.17, 15) is 24.3 Å². The molecule has 0 aliphatic rings. The topological polar surface area (TPSA) is 181 Å². The molecule has 0 fully saturated rings. The molecule has 0 aromatic heterocycles. The number of hydrogen-bond donors (Lipinski definition) is 4. The average molecular weight is 502 g/mol. The van der Waals surface area contributed by atoms with Crippen LogP contribution >= 0.6 is 0 Å².